The van der Waals surface area contributed by atoms with E-state index in [9.17, 15) is 0 Å². The number of terminal acetylenes is 1. The van der Waals surface area contributed by atoms with E-state index in [2.05, 4.69) is 16.3 Å². The van der Waals surface area contributed by atoms with Crippen molar-refractivity contribution in [3.05, 3.63) is 48.3 Å². The lowest BCUT2D eigenvalue weighted by Crippen LogP contribution is -2.17. The molecular weight excluding hydrogens is 254 g/mol. The smallest absolute Gasteiger partial charge is 0.0766 e. The fourth-order valence-corrected chi connectivity index (χ4v) is 2.22. The van der Waals surface area contributed by atoms with E-state index in [1.54, 1.807) is 11.8 Å². The van der Waals surface area contributed by atoms with Gasteiger partial charge in [-0.25, -0.2) is 4.68 Å². The van der Waals surface area contributed by atoms with Gasteiger partial charge in [0.1, 0.15) is 0 Å². The van der Waals surface area contributed by atoms with Crippen LogP contribution in [-0.2, 0) is 6.54 Å². The van der Waals surface area contributed by atoms with Gasteiger partial charge in [0, 0.05) is 25.0 Å². The molecule has 2 aromatic rings. The Morgan fingerprint density at radius 2 is 2.11 bits per heavy atom. The van der Waals surface area contributed by atoms with Crippen molar-refractivity contribution in [2.24, 2.45) is 0 Å². The van der Waals surface area contributed by atoms with Crippen LogP contribution in [0.1, 0.15) is 5.69 Å². The first-order valence-electron chi connectivity index (χ1n) is 6.22. The van der Waals surface area contributed by atoms with Gasteiger partial charge >= 0.3 is 0 Å². The van der Waals surface area contributed by atoms with Gasteiger partial charge in [0.15, 0.2) is 0 Å². The first kappa shape index (κ1) is 13.7. The fourth-order valence-electron chi connectivity index (χ4n) is 1.67. The lowest BCUT2D eigenvalue weighted by atomic mass is 10.3. The van der Waals surface area contributed by atoms with Gasteiger partial charge < -0.3 is 5.32 Å². The Bertz CT molecular complexity index is 528. The van der Waals surface area contributed by atoms with E-state index < -0.39 is 0 Å². The molecule has 1 aromatic carbocycles. The first-order valence-corrected chi connectivity index (χ1v) is 7.37. The standard InChI is InChI=1S/C15H17N3S/c1-2-11-19-12-9-16-13-14-8-10-18(17-14)15-6-4-3-5-7-15/h1,3-8,10,16H,9,11-13H2. The number of para-hydroxylation sites is 1. The van der Waals surface area contributed by atoms with E-state index in [1.807, 2.05) is 47.3 Å². The second kappa shape index (κ2) is 7.67. The first-order chi connectivity index (χ1) is 9.40. The van der Waals surface area contributed by atoms with Crippen molar-refractivity contribution in [2.75, 3.05) is 18.1 Å². The molecule has 4 heteroatoms. The minimum atomic E-state index is 0.782. The minimum Gasteiger partial charge on any atom is -0.310 e. The highest BCUT2D eigenvalue weighted by Gasteiger charge is 2.00. The van der Waals surface area contributed by atoms with Gasteiger partial charge in [0.25, 0.3) is 0 Å². The maximum atomic E-state index is 5.19. The Labute approximate surface area is 118 Å². The Morgan fingerprint density at radius 1 is 1.26 bits per heavy atom. The molecule has 19 heavy (non-hydrogen) atoms. The molecule has 0 spiro atoms. The van der Waals surface area contributed by atoms with E-state index in [-0.39, 0.29) is 0 Å². The van der Waals surface area contributed by atoms with Crippen molar-refractivity contribution in [3.63, 3.8) is 0 Å². The summed E-state index contributed by atoms with van der Waals surface area (Å²) in [7, 11) is 0. The van der Waals surface area contributed by atoms with E-state index in [4.69, 9.17) is 6.42 Å². The molecule has 0 bridgehead atoms. The monoisotopic (exact) mass is 271 g/mol. The quantitative estimate of drug-likeness (QED) is 0.619. The van der Waals surface area contributed by atoms with E-state index >= 15 is 0 Å². The predicted molar refractivity (Wildman–Crippen MR) is 81.4 cm³/mol. The Hall–Kier alpha value is -1.70. The van der Waals surface area contributed by atoms with Gasteiger partial charge in [-0.1, -0.05) is 24.1 Å². The average Bonchev–Trinajstić information content (AvgIpc) is 2.92. The molecule has 0 fully saturated rings. The van der Waals surface area contributed by atoms with E-state index in [1.165, 1.54) is 0 Å². The number of hydrogen-bond donors (Lipinski definition) is 1. The third kappa shape index (κ3) is 4.47. The summed E-state index contributed by atoms with van der Waals surface area (Å²) in [5.41, 5.74) is 2.13. The van der Waals surface area contributed by atoms with Crippen LogP contribution in [0.3, 0.4) is 0 Å². The van der Waals surface area contributed by atoms with Gasteiger partial charge in [0.05, 0.1) is 17.1 Å². The Balaban J connectivity index is 1.77. The average molecular weight is 271 g/mol. The summed E-state index contributed by atoms with van der Waals surface area (Å²) in [5.74, 6) is 4.43. The summed E-state index contributed by atoms with van der Waals surface area (Å²) < 4.78 is 1.89. The highest BCUT2D eigenvalue weighted by Crippen LogP contribution is 2.06. The summed E-state index contributed by atoms with van der Waals surface area (Å²) in [5, 5.41) is 7.89. The van der Waals surface area contributed by atoms with Crippen LogP contribution in [0.25, 0.3) is 5.69 Å². The second-order valence-corrected chi connectivity index (χ2v) is 5.13. The summed E-state index contributed by atoms with van der Waals surface area (Å²) in [6.07, 6.45) is 7.17. The Morgan fingerprint density at radius 3 is 2.89 bits per heavy atom. The summed E-state index contributed by atoms with van der Waals surface area (Å²) in [4.78, 5) is 0. The molecular formula is C15H17N3S. The van der Waals surface area contributed by atoms with Crippen LogP contribution in [0.4, 0.5) is 0 Å². The van der Waals surface area contributed by atoms with Gasteiger partial charge in [-0.15, -0.1) is 18.2 Å². The van der Waals surface area contributed by atoms with Gasteiger partial charge in [-0.05, 0) is 18.2 Å². The van der Waals surface area contributed by atoms with Crippen molar-refractivity contribution in [2.45, 2.75) is 6.54 Å². The van der Waals surface area contributed by atoms with Crippen LogP contribution >= 0.6 is 11.8 Å². The molecule has 0 aliphatic carbocycles. The number of hydrogen-bond acceptors (Lipinski definition) is 3. The normalized spacial score (nSPS) is 10.3. The minimum absolute atomic E-state index is 0.782. The zero-order valence-corrected chi connectivity index (χ0v) is 11.6. The molecule has 0 saturated heterocycles. The van der Waals surface area contributed by atoms with E-state index in [0.717, 1.165) is 36.0 Å². The highest BCUT2D eigenvalue weighted by atomic mass is 32.2. The molecule has 0 amide bonds. The lowest BCUT2D eigenvalue weighted by molar-refractivity contribution is 0.701. The zero-order valence-electron chi connectivity index (χ0n) is 10.7. The zero-order chi connectivity index (χ0) is 13.3. The van der Waals surface area contributed by atoms with E-state index in [0.29, 0.717) is 0 Å². The van der Waals surface area contributed by atoms with Crippen LogP contribution in [0.15, 0.2) is 42.6 Å². The van der Waals surface area contributed by atoms with Crippen molar-refractivity contribution >= 4 is 11.8 Å². The van der Waals surface area contributed by atoms with Gasteiger partial charge in [0.2, 0.25) is 0 Å². The summed E-state index contributed by atoms with van der Waals surface area (Å²) in [6.45, 7) is 1.74. The SMILES string of the molecule is C#CCSCCNCc1ccn(-c2ccccc2)n1. The third-order valence-corrected chi connectivity index (χ3v) is 3.44. The number of rotatable bonds is 7. The lowest BCUT2D eigenvalue weighted by Gasteiger charge is -2.02. The predicted octanol–water partition coefficient (Wildman–Crippen LogP) is 2.33. The van der Waals surface area contributed by atoms with Crippen LogP contribution < -0.4 is 5.32 Å². The molecule has 98 valence electrons. The molecule has 3 nitrogen and oxygen atoms in total. The van der Waals surface area contributed by atoms with Gasteiger partial charge in [-0.2, -0.15) is 5.10 Å². The maximum Gasteiger partial charge on any atom is 0.0766 e. The maximum absolute atomic E-state index is 5.19. The number of nitrogens with one attached hydrogen (secondary N) is 1. The van der Waals surface area contributed by atoms with Crippen molar-refractivity contribution in [1.29, 1.82) is 0 Å². The number of benzene rings is 1. The molecule has 0 aliphatic heterocycles. The number of aromatic nitrogens is 2. The van der Waals surface area contributed by atoms with Crippen molar-refractivity contribution in [3.8, 4) is 18.0 Å². The molecule has 1 heterocycles. The third-order valence-electron chi connectivity index (χ3n) is 2.58. The molecule has 1 N–H and O–H groups in total. The van der Waals surface area contributed by atoms with Crippen LogP contribution in [-0.4, -0.2) is 27.8 Å². The van der Waals surface area contributed by atoms with Crippen molar-refractivity contribution < 1.29 is 0 Å². The molecule has 0 unspecified atom stereocenters. The highest BCUT2D eigenvalue weighted by molar-refractivity contribution is 7.99. The van der Waals surface area contributed by atoms with Gasteiger partial charge in [-0.3, -0.25) is 0 Å². The number of thioether (sulfide) groups is 1. The molecule has 1 aromatic heterocycles. The molecule has 0 atom stereocenters. The Kier molecular flexibility index (Phi) is 5.54. The second-order valence-electron chi connectivity index (χ2n) is 4.02. The topological polar surface area (TPSA) is 29.9 Å². The van der Waals surface area contributed by atoms with Crippen LogP contribution in [0, 0.1) is 12.3 Å². The summed E-state index contributed by atoms with van der Waals surface area (Å²) in [6, 6.07) is 12.1. The summed E-state index contributed by atoms with van der Waals surface area (Å²) >= 11 is 1.77. The molecule has 0 saturated carbocycles. The molecule has 2 rings (SSSR count). The fraction of sp³-hybridized carbons (Fsp3) is 0.267. The molecule has 0 radical (unpaired) electrons. The largest absolute Gasteiger partial charge is 0.310 e. The van der Waals surface area contributed by atoms with Crippen LogP contribution in [0.5, 0.6) is 0 Å². The van der Waals surface area contributed by atoms with Crippen molar-refractivity contribution in [1.82, 2.24) is 15.1 Å². The van der Waals surface area contributed by atoms with Crippen LogP contribution in [0.2, 0.25) is 0 Å². The number of nitrogens with zero attached hydrogens (tertiary/aromatic N) is 2. The molecule has 0 aliphatic rings.